The van der Waals surface area contributed by atoms with Crippen molar-refractivity contribution in [1.82, 2.24) is 5.43 Å². The molecule has 0 aliphatic heterocycles. The largest absolute Gasteiger partial charge is 0.482 e. The fourth-order valence-corrected chi connectivity index (χ4v) is 1.81. The molecule has 1 aromatic carbocycles. The van der Waals surface area contributed by atoms with Crippen molar-refractivity contribution < 1.29 is 14.3 Å². The van der Waals surface area contributed by atoms with Gasteiger partial charge in [0.1, 0.15) is 5.75 Å². The molecule has 0 heterocycles. The Bertz CT molecular complexity index is 535. The van der Waals surface area contributed by atoms with Gasteiger partial charge in [-0.05, 0) is 36.3 Å². The minimum atomic E-state index is -0.365. The lowest BCUT2D eigenvalue weighted by Crippen LogP contribution is -2.23. The van der Waals surface area contributed by atoms with E-state index in [1.165, 1.54) is 0 Å². The summed E-state index contributed by atoms with van der Waals surface area (Å²) >= 11 is 4.64. The van der Waals surface area contributed by atoms with Gasteiger partial charge in [-0.3, -0.25) is 5.43 Å². The summed E-state index contributed by atoms with van der Waals surface area (Å²) in [4.78, 5) is 11.6. The Kier molecular flexibility index (Phi) is 9.38. The van der Waals surface area contributed by atoms with E-state index in [2.05, 4.69) is 29.7 Å². The smallest absolute Gasteiger partial charge is 0.344 e. The van der Waals surface area contributed by atoms with Crippen molar-refractivity contribution in [3.05, 3.63) is 29.8 Å². The number of hydrogen-bond acceptors (Lipinski definition) is 5. The maximum Gasteiger partial charge on any atom is 0.344 e. The molecule has 0 fully saturated rings. The molecular formula is C16H23N3O3S. The second-order valence-corrected chi connectivity index (χ2v) is 5.32. The van der Waals surface area contributed by atoms with Gasteiger partial charge in [-0.15, -0.1) is 0 Å². The maximum atomic E-state index is 11.6. The third-order valence-corrected chi connectivity index (χ3v) is 2.96. The summed E-state index contributed by atoms with van der Waals surface area (Å²) in [6.07, 6.45) is 5.83. The molecule has 0 aromatic heterocycles. The topological polar surface area (TPSA) is 85.9 Å². The molecule has 0 atom stereocenters. The molecule has 7 heteroatoms. The summed E-state index contributed by atoms with van der Waals surface area (Å²) in [5.74, 6) is 0.197. The van der Waals surface area contributed by atoms with Crippen molar-refractivity contribution in [3.8, 4) is 5.75 Å². The summed E-state index contributed by atoms with van der Waals surface area (Å²) in [5, 5.41) is 3.95. The first-order valence-corrected chi connectivity index (χ1v) is 7.99. The van der Waals surface area contributed by atoms with Gasteiger partial charge in [-0.2, -0.15) is 5.10 Å². The lowest BCUT2D eigenvalue weighted by atomic mass is 10.2. The summed E-state index contributed by atoms with van der Waals surface area (Å²) in [6.45, 7) is 2.47. The fraction of sp³-hybridized carbons (Fsp3) is 0.438. The maximum absolute atomic E-state index is 11.6. The van der Waals surface area contributed by atoms with Crippen molar-refractivity contribution >= 4 is 29.5 Å². The first-order valence-electron chi connectivity index (χ1n) is 7.59. The van der Waals surface area contributed by atoms with E-state index in [9.17, 15) is 4.79 Å². The summed E-state index contributed by atoms with van der Waals surface area (Å²) in [6, 6.07) is 7.14. The van der Waals surface area contributed by atoms with Crippen LogP contribution < -0.4 is 15.9 Å². The van der Waals surface area contributed by atoms with Crippen LogP contribution >= 0.6 is 12.2 Å². The number of ether oxygens (including phenoxy) is 2. The van der Waals surface area contributed by atoms with Crippen molar-refractivity contribution in [1.29, 1.82) is 0 Å². The number of nitrogens with one attached hydrogen (secondary N) is 1. The van der Waals surface area contributed by atoms with E-state index >= 15 is 0 Å². The van der Waals surface area contributed by atoms with Gasteiger partial charge in [-0.1, -0.05) is 38.3 Å². The number of benzene rings is 1. The number of thiocarbonyl (C=S) groups is 1. The average Bonchev–Trinajstić information content (AvgIpc) is 2.53. The summed E-state index contributed by atoms with van der Waals surface area (Å²) in [7, 11) is 0. The summed E-state index contributed by atoms with van der Waals surface area (Å²) in [5.41, 5.74) is 8.52. The van der Waals surface area contributed by atoms with Crippen LogP contribution in [0.1, 0.15) is 38.2 Å². The van der Waals surface area contributed by atoms with Gasteiger partial charge in [-0.25, -0.2) is 4.79 Å². The van der Waals surface area contributed by atoms with Crippen molar-refractivity contribution in [2.24, 2.45) is 10.8 Å². The molecule has 23 heavy (non-hydrogen) atoms. The Balaban J connectivity index is 2.32. The first kappa shape index (κ1) is 18.9. The molecule has 126 valence electrons. The standard InChI is InChI=1S/C16H23N3O3S/c1-2-3-4-5-9-21-15(20)12-22-14-8-6-7-13(10-14)11-18-19-16(17)23/h6-8,10-11H,2-5,9,12H2,1H3,(H3,17,19,23)/b18-11+. The van der Waals surface area contributed by atoms with E-state index in [0.29, 0.717) is 12.4 Å². The lowest BCUT2D eigenvalue weighted by molar-refractivity contribution is -0.146. The molecule has 1 rings (SSSR count). The number of esters is 1. The van der Waals surface area contributed by atoms with Crippen LogP contribution in [0.5, 0.6) is 5.75 Å². The van der Waals surface area contributed by atoms with Crippen LogP contribution in [0.4, 0.5) is 0 Å². The molecule has 0 aliphatic carbocycles. The van der Waals surface area contributed by atoms with Crippen LogP contribution in [-0.2, 0) is 9.53 Å². The van der Waals surface area contributed by atoms with Crippen molar-refractivity contribution in [2.45, 2.75) is 32.6 Å². The zero-order valence-electron chi connectivity index (χ0n) is 13.3. The zero-order valence-corrected chi connectivity index (χ0v) is 14.1. The van der Waals surface area contributed by atoms with Crippen LogP contribution in [0.25, 0.3) is 0 Å². The highest BCUT2D eigenvalue weighted by atomic mass is 32.1. The lowest BCUT2D eigenvalue weighted by Gasteiger charge is -2.07. The predicted molar refractivity (Wildman–Crippen MR) is 94.6 cm³/mol. The molecule has 3 N–H and O–H groups in total. The monoisotopic (exact) mass is 337 g/mol. The normalized spacial score (nSPS) is 10.5. The van der Waals surface area contributed by atoms with Gasteiger partial charge in [0.25, 0.3) is 0 Å². The second-order valence-electron chi connectivity index (χ2n) is 4.88. The number of rotatable bonds is 10. The highest BCUT2D eigenvalue weighted by Crippen LogP contribution is 2.12. The van der Waals surface area contributed by atoms with E-state index in [1.807, 2.05) is 6.07 Å². The van der Waals surface area contributed by atoms with E-state index < -0.39 is 0 Å². The summed E-state index contributed by atoms with van der Waals surface area (Å²) < 4.78 is 10.5. The second kappa shape index (κ2) is 11.4. The molecular weight excluding hydrogens is 314 g/mol. The zero-order chi connectivity index (χ0) is 16.9. The molecule has 6 nitrogen and oxygen atoms in total. The molecule has 0 spiro atoms. The van der Waals surface area contributed by atoms with Crippen LogP contribution in [-0.4, -0.2) is 30.5 Å². The van der Waals surface area contributed by atoms with E-state index in [-0.39, 0.29) is 17.7 Å². The Morgan fingerprint density at radius 2 is 2.22 bits per heavy atom. The molecule has 0 saturated heterocycles. The van der Waals surface area contributed by atoms with Crippen LogP contribution in [0.3, 0.4) is 0 Å². The SMILES string of the molecule is CCCCCCOC(=O)COc1cccc(/C=N/NC(N)=S)c1. The number of unbranched alkanes of at least 4 members (excludes halogenated alkanes) is 3. The third kappa shape index (κ3) is 9.46. The number of hydrazone groups is 1. The number of nitrogens with zero attached hydrogens (tertiary/aromatic N) is 1. The highest BCUT2D eigenvalue weighted by Gasteiger charge is 2.04. The fourth-order valence-electron chi connectivity index (χ4n) is 1.75. The molecule has 0 unspecified atom stereocenters. The minimum Gasteiger partial charge on any atom is -0.482 e. The van der Waals surface area contributed by atoms with E-state index in [4.69, 9.17) is 15.2 Å². The number of carbonyl (C=O) groups excluding carboxylic acids is 1. The Labute approximate surface area is 142 Å². The van der Waals surface area contributed by atoms with Gasteiger partial charge >= 0.3 is 5.97 Å². The number of hydrogen-bond donors (Lipinski definition) is 2. The molecule has 0 aliphatic rings. The van der Waals surface area contributed by atoms with E-state index in [1.54, 1.807) is 24.4 Å². The third-order valence-electron chi connectivity index (χ3n) is 2.86. The molecule has 0 saturated carbocycles. The number of nitrogens with two attached hydrogens (primary N) is 1. The Morgan fingerprint density at radius 1 is 1.39 bits per heavy atom. The van der Waals surface area contributed by atoms with Gasteiger partial charge < -0.3 is 15.2 Å². The molecule has 0 radical (unpaired) electrons. The van der Waals surface area contributed by atoms with Crippen LogP contribution in [0.15, 0.2) is 29.4 Å². The molecule has 0 bridgehead atoms. The van der Waals surface area contributed by atoms with Gasteiger partial charge in [0, 0.05) is 0 Å². The molecule has 1 aromatic rings. The van der Waals surface area contributed by atoms with Crippen molar-refractivity contribution in [3.63, 3.8) is 0 Å². The van der Waals surface area contributed by atoms with Gasteiger partial charge in [0.15, 0.2) is 11.7 Å². The van der Waals surface area contributed by atoms with Gasteiger partial charge in [0.2, 0.25) is 0 Å². The molecule has 0 amide bonds. The Hall–Kier alpha value is -2.15. The quantitative estimate of drug-likeness (QED) is 0.224. The number of carbonyl (C=O) groups is 1. The first-order chi connectivity index (χ1) is 11.1. The van der Waals surface area contributed by atoms with Crippen LogP contribution in [0, 0.1) is 0 Å². The van der Waals surface area contributed by atoms with Crippen molar-refractivity contribution in [2.75, 3.05) is 13.2 Å². The average molecular weight is 337 g/mol. The predicted octanol–water partition coefficient (Wildman–Crippen LogP) is 2.36. The van der Waals surface area contributed by atoms with Gasteiger partial charge in [0.05, 0.1) is 12.8 Å². The minimum absolute atomic E-state index is 0.0929. The Morgan fingerprint density at radius 3 is 2.96 bits per heavy atom. The van der Waals surface area contributed by atoms with Crippen LogP contribution in [0.2, 0.25) is 0 Å². The highest BCUT2D eigenvalue weighted by molar-refractivity contribution is 7.80. The van der Waals surface area contributed by atoms with E-state index in [0.717, 1.165) is 31.2 Å².